The Morgan fingerprint density at radius 2 is 1.31 bits per heavy atom. The number of carbonyl (C=O) groups excluding carboxylic acids is 2. The molecule has 0 atom stereocenters. The van der Waals surface area contributed by atoms with Gasteiger partial charge in [0.25, 0.3) is 0 Å². The molecule has 1 fully saturated rings. The molecule has 2 amide bonds. The molecule has 1 heterocycles. The van der Waals surface area contributed by atoms with E-state index in [-0.39, 0.29) is 11.7 Å². The van der Waals surface area contributed by atoms with Crippen LogP contribution in [0.15, 0.2) is 60.7 Å². The molecular formula is C25H30N6O4. The number of amidine groups is 2. The van der Waals surface area contributed by atoms with Crippen LogP contribution in [-0.4, -0.2) is 72.7 Å². The van der Waals surface area contributed by atoms with Gasteiger partial charge in [-0.15, -0.1) is 0 Å². The topological polar surface area (TPSA) is 159 Å². The smallest absolute Gasteiger partial charge is 0.312 e. The first kappa shape index (κ1) is 25.3. The van der Waals surface area contributed by atoms with Gasteiger partial charge in [-0.1, -0.05) is 6.08 Å². The van der Waals surface area contributed by atoms with E-state index in [9.17, 15) is 9.59 Å². The number of carbonyl (C=O) groups is 2. The molecule has 0 aromatic heterocycles. The first-order valence-electron chi connectivity index (χ1n) is 11.2. The van der Waals surface area contributed by atoms with Crippen molar-refractivity contribution in [3.05, 3.63) is 71.8 Å². The quantitative estimate of drug-likeness (QED) is 0.118. The molecule has 6 N–H and O–H groups in total. The Hall–Kier alpha value is -4.34. The summed E-state index contributed by atoms with van der Waals surface area (Å²) in [6.07, 6.45) is 4.19. The van der Waals surface area contributed by atoms with Crippen molar-refractivity contribution in [3.63, 3.8) is 0 Å². The third-order valence-electron chi connectivity index (χ3n) is 5.41. The van der Waals surface area contributed by atoms with Crippen LogP contribution in [0.1, 0.15) is 17.5 Å². The van der Waals surface area contributed by atoms with Crippen LogP contribution in [0.2, 0.25) is 0 Å². The van der Waals surface area contributed by atoms with Crippen LogP contribution in [0.5, 0.6) is 11.5 Å². The van der Waals surface area contributed by atoms with Gasteiger partial charge in [0.2, 0.25) is 0 Å². The van der Waals surface area contributed by atoms with Crippen molar-refractivity contribution in [1.29, 1.82) is 10.8 Å². The van der Waals surface area contributed by atoms with Crippen LogP contribution in [0.4, 0.5) is 0 Å². The molecule has 10 nitrogen and oxygen atoms in total. The first-order valence-corrected chi connectivity index (χ1v) is 11.2. The average Bonchev–Trinajstić information content (AvgIpc) is 2.85. The number of amides is 2. The van der Waals surface area contributed by atoms with E-state index in [1.165, 1.54) is 4.90 Å². The van der Waals surface area contributed by atoms with E-state index in [0.717, 1.165) is 0 Å². The fraction of sp³-hybridized carbons (Fsp3) is 0.280. The molecule has 2 aromatic carbocycles. The van der Waals surface area contributed by atoms with Crippen LogP contribution < -0.4 is 20.9 Å². The zero-order chi connectivity index (χ0) is 25.2. The average molecular weight is 479 g/mol. The second-order valence-electron chi connectivity index (χ2n) is 7.90. The minimum absolute atomic E-state index is 0.000000956. The highest BCUT2D eigenvalue weighted by Gasteiger charge is 2.31. The Labute approximate surface area is 204 Å². The number of hydrogen-bond donors (Lipinski definition) is 4. The largest absolute Gasteiger partial charge is 0.494 e. The first-order chi connectivity index (χ1) is 16.8. The van der Waals surface area contributed by atoms with E-state index in [2.05, 4.69) is 0 Å². The summed E-state index contributed by atoms with van der Waals surface area (Å²) in [5, 5.41) is 14.8. The number of nitrogens with one attached hydrogen (secondary N) is 2. The van der Waals surface area contributed by atoms with Crippen LogP contribution in [-0.2, 0) is 9.59 Å². The highest BCUT2D eigenvalue weighted by molar-refractivity contribution is 6.35. The number of piperazine rings is 1. The van der Waals surface area contributed by atoms with E-state index in [4.69, 9.17) is 31.8 Å². The van der Waals surface area contributed by atoms with Crippen molar-refractivity contribution in [2.75, 3.05) is 39.4 Å². The Bertz CT molecular complexity index is 1080. The summed E-state index contributed by atoms with van der Waals surface area (Å²) in [7, 11) is 0. The summed E-state index contributed by atoms with van der Waals surface area (Å²) in [6, 6.07) is 13.8. The van der Waals surface area contributed by atoms with Crippen molar-refractivity contribution in [2.24, 2.45) is 11.5 Å². The predicted octanol–water partition coefficient (Wildman–Crippen LogP) is 1.33. The maximum atomic E-state index is 12.4. The highest BCUT2D eigenvalue weighted by Crippen LogP contribution is 2.13. The molecule has 1 aliphatic rings. The molecule has 0 spiro atoms. The summed E-state index contributed by atoms with van der Waals surface area (Å²) in [5.41, 5.74) is 12.1. The Morgan fingerprint density at radius 1 is 0.800 bits per heavy atom. The zero-order valence-electron chi connectivity index (χ0n) is 19.4. The van der Waals surface area contributed by atoms with Gasteiger partial charge >= 0.3 is 11.8 Å². The lowest BCUT2D eigenvalue weighted by molar-refractivity contribution is -0.155. The maximum Gasteiger partial charge on any atom is 0.312 e. The van der Waals surface area contributed by atoms with E-state index >= 15 is 0 Å². The molecule has 0 unspecified atom stereocenters. The SMILES string of the molecule is N=C(N)c1ccc(OC/C=C/CN2CCN(CCCOc3ccc(C(=N)N)cc3)C(=O)C2=O)cc1. The summed E-state index contributed by atoms with van der Waals surface area (Å²) < 4.78 is 11.3. The highest BCUT2D eigenvalue weighted by atomic mass is 16.5. The lowest BCUT2D eigenvalue weighted by Gasteiger charge is -2.33. The Balaban J connectivity index is 1.34. The molecule has 0 saturated carbocycles. The van der Waals surface area contributed by atoms with Crippen LogP contribution in [0.25, 0.3) is 0 Å². The van der Waals surface area contributed by atoms with Crippen LogP contribution in [0, 0.1) is 10.8 Å². The summed E-state index contributed by atoms with van der Waals surface area (Å²) in [4.78, 5) is 27.9. The Kier molecular flexibility index (Phi) is 8.82. The fourth-order valence-electron chi connectivity index (χ4n) is 3.42. The van der Waals surface area contributed by atoms with Crippen LogP contribution in [0.3, 0.4) is 0 Å². The number of nitrogens with two attached hydrogens (primary N) is 2. The summed E-state index contributed by atoms with van der Waals surface area (Å²) in [6.45, 7) is 2.45. The van der Waals surface area contributed by atoms with E-state index in [0.29, 0.717) is 68.4 Å². The summed E-state index contributed by atoms with van der Waals surface area (Å²) in [5.74, 6) is 0.295. The second kappa shape index (κ2) is 12.2. The third-order valence-corrected chi connectivity index (χ3v) is 5.41. The molecule has 3 rings (SSSR count). The lowest BCUT2D eigenvalue weighted by atomic mass is 10.2. The second-order valence-corrected chi connectivity index (χ2v) is 7.90. The van der Waals surface area contributed by atoms with Gasteiger partial charge in [0, 0.05) is 37.3 Å². The molecular weight excluding hydrogens is 448 g/mol. The Morgan fingerprint density at radius 3 is 1.89 bits per heavy atom. The number of nitrogen functional groups attached to an aromatic ring is 2. The van der Waals surface area contributed by atoms with Gasteiger partial charge in [-0.25, -0.2) is 0 Å². The minimum atomic E-state index is -0.512. The van der Waals surface area contributed by atoms with Gasteiger partial charge < -0.3 is 30.7 Å². The lowest BCUT2D eigenvalue weighted by Crippen LogP contribution is -2.54. The molecule has 1 saturated heterocycles. The molecule has 35 heavy (non-hydrogen) atoms. The van der Waals surface area contributed by atoms with E-state index in [1.54, 1.807) is 65.6 Å². The van der Waals surface area contributed by atoms with Gasteiger partial charge in [-0.05, 0) is 61.0 Å². The van der Waals surface area contributed by atoms with Crippen molar-refractivity contribution < 1.29 is 19.1 Å². The van der Waals surface area contributed by atoms with Crippen molar-refractivity contribution in [2.45, 2.75) is 6.42 Å². The van der Waals surface area contributed by atoms with Gasteiger partial charge in [-0.2, -0.15) is 0 Å². The minimum Gasteiger partial charge on any atom is -0.494 e. The number of benzene rings is 2. The maximum absolute atomic E-state index is 12.4. The zero-order valence-corrected chi connectivity index (χ0v) is 19.4. The van der Waals surface area contributed by atoms with E-state index in [1.807, 2.05) is 0 Å². The molecule has 0 radical (unpaired) electrons. The molecule has 2 aromatic rings. The number of nitrogens with zero attached hydrogens (tertiary/aromatic N) is 2. The standard InChI is InChI=1S/C25H30N6O4/c26-22(27)18-4-8-20(9-5-18)34-16-2-1-12-30-14-15-31(25(33)24(30)32)13-3-17-35-21-10-6-19(7-11-21)23(28)29/h1-2,4-11H,3,12-17H2,(H3,26,27)(H3,28,29)/b2-1+. The van der Waals surface area contributed by atoms with Crippen molar-refractivity contribution >= 4 is 23.5 Å². The van der Waals surface area contributed by atoms with E-state index < -0.39 is 11.8 Å². The van der Waals surface area contributed by atoms with Crippen molar-refractivity contribution in [1.82, 2.24) is 9.80 Å². The fourth-order valence-corrected chi connectivity index (χ4v) is 3.42. The van der Waals surface area contributed by atoms with Gasteiger partial charge in [0.05, 0.1) is 6.61 Å². The molecule has 10 heteroatoms. The summed E-state index contributed by atoms with van der Waals surface area (Å²) >= 11 is 0. The third kappa shape index (κ3) is 7.32. The normalized spacial score (nSPS) is 13.8. The molecule has 1 aliphatic heterocycles. The van der Waals surface area contributed by atoms with Gasteiger partial charge in [-0.3, -0.25) is 20.4 Å². The van der Waals surface area contributed by atoms with Crippen molar-refractivity contribution in [3.8, 4) is 11.5 Å². The van der Waals surface area contributed by atoms with Gasteiger partial charge in [0.15, 0.2) is 0 Å². The molecule has 0 aliphatic carbocycles. The monoisotopic (exact) mass is 478 g/mol. The predicted molar refractivity (Wildman–Crippen MR) is 133 cm³/mol. The number of hydrogen-bond acceptors (Lipinski definition) is 6. The number of rotatable bonds is 12. The number of ether oxygens (including phenoxy) is 2. The molecule has 0 bridgehead atoms. The molecule has 184 valence electrons. The van der Waals surface area contributed by atoms with Gasteiger partial charge in [0.1, 0.15) is 29.8 Å². The van der Waals surface area contributed by atoms with Crippen LogP contribution >= 0.6 is 0 Å².